The van der Waals surface area contributed by atoms with Crippen LogP contribution in [0.5, 0.6) is 0 Å². The van der Waals surface area contributed by atoms with Crippen molar-refractivity contribution < 1.29 is 14.4 Å². The Balaban J connectivity index is 1.86. The molecule has 4 aromatic rings. The summed E-state index contributed by atoms with van der Waals surface area (Å²) in [4.78, 5) is 5.64. The second-order valence-corrected chi connectivity index (χ2v) is 10.9. The number of ether oxygens (including phenoxy) is 1. The number of aromatic nitrogens is 2. The number of fused-ring (bicyclic) bond motifs is 3. The molecule has 8 nitrogen and oxygen atoms in total. The molecule has 5 rings (SSSR count). The molecule has 2 aromatic carbocycles. The smallest absolute Gasteiger partial charge is 0.154 e. The van der Waals surface area contributed by atoms with Crippen LogP contribution in [0.2, 0.25) is 0 Å². The number of hydrogen-bond acceptors (Lipinski definition) is 7. The van der Waals surface area contributed by atoms with Gasteiger partial charge in [0.05, 0.1) is 40.6 Å². The van der Waals surface area contributed by atoms with Gasteiger partial charge in [0, 0.05) is 43.5 Å². The quantitative estimate of drug-likeness (QED) is 0.194. The van der Waals surface area contributed by atoms with Crippen LogP contribution in [0.25, 0.3) is 27.6 Å². The maximum atomic E-state index is 12.5. The Bertz CT molecular complexity index is 1430. The Hall–Kier alpha value is -3.08. The highest BCUT2D eigenvalue weighted by Crippen LogP contribution is 2.41. The lowest BCUT2D eigenvalue weighted by molar-refractivity contribution is 0.0553. The number of benzene rings is 2. The first kappa shape index (κ1) is 25.6. The maximum Gasteiger partial charge on any atom is 0.154 e. The molecule has 194 valence electrons. The van der Waals surface area contributed by atoms with Crippen molar-refractivity contribution >= 4 is 38.8 Å². The van der Waals surface area contributed by atoms with Crippen LogP contribution >= 0.6 is 0 Å². The molecule has 3 heterocycles. The number of hydrazine groups is 1. The summed E-state index contributed by atoms with van der Waals surface area (Å²) < 4.78 is 20.5. The van der Waals surface area contributed by atoms with E-state index in [1.165, 1.54) is 10.6 Å². The molecular formula is C28H33N5O3S. The molecule has 2 aromatic heterocycles. The van der Waals surface area contributed by atoms with Gasteiger partial charge in [0.1, 0.15) is 6.26 Å². The Labute approximate surface area is 219 Å². The average Bonchev–Trinajstić information content (AvgIpc) is 3.22. The molecule has 1 unspecified atom stereocenters. The molecule has 0 spiro atoms. The third-order valence-corrected chi connectivity index (χ3v) is 8.09. The summed E-state index contributed by atoms with van der Waals surface area (Å²) in [5.41, 5.74) is 11.6. The molecule has 0 aliphatic carbocycles. The van der Waals surface area contributed by atoms with Gasteiger partial charge in [0.15, 0.2) is 4.90 Å². The van der Waals surface area contributed by atoms with E-state index in [4.69, 9.17) is 21.3 Å². The topological polar surface area (TPSA) is 126 Å². The van der Waals surface area contributed by atoms with Gasteiger partial charge in [-0.25, -0.2) is 5.84 Å². The van der Waals surface area contributed by atoms with Crippen LogP contribution in [-0.4, -0.2) is 57.3 Å². The van der Waals surface area contributed by atoms with E-state index >= 15 is 0 Å². The van der Waals surface area contributed by atoms with Crippen LogP contribution in [0.4, 0.5) is 0 Å². The molecule has 37 heavy (non-hydrogen) atoms. The van der Waals surface area contributed by atoms with E-state index in [1.54, 1.807) is 19.5 Å². The van der Waals surface area contributed by atoms with Gasteiger partial charge < -0.3 is 29.7 Å². The van der Waals surface area contributed by atoms with Crippen molar-refractivity contribution in [2.24, 2.45) is 17.5 Å². The largest absolute Gasteiger partial charge is 0.612 e. The van der Waals surface area contributed by atoms with Gasteiger partial charge in [-0.2, -0.15) is 0 Å². The molecule has 0 bridgehead atoms. The molecule has 0 saturated carbocycles. The minimum Gasteiger partial charge on any atom is -0.612 e. The van der Waals surface area contributed by atoms with Crippen LogP contribution in [0.3, 0.4) is 0 Å². The summed E-state index contributed by atoms with van der Waals surface area (Å²) in [5, 5.41) is 12.2. The minimum atomic E-state index is -1.13. The lowest BCUT2D eigenvalue weighted by atomic mass is 9.86. The fourth-order valence-electron chi connectivity index (χ4n) is 5.50. The fourth-order valence-corrected chi connectivity index (χ4v) is 6.03. The van der Waals surface area contributed by atoms with E-state index in [0.717, 1.165) is 52.9 Å². The normalized spacial score (nSPS) is 17.1. The molecule has 1 aliphatic rings. The van der Waals surface area contributed by atoms with Gasteiger partial charge in [-0.3, -0.25) is 4.98 Å². The van der Waals surface area contributed by atoms with Crippen molar-refractivity contribution in [3.05, 3.63) is 77.6 Å². The van der Waals surface area contributed by atoms with Gasteiger partial charge in [0.25, 0.3) is 0 Å². The SMILES string of the molecule is CN(N)/C(=C(\N)CO)c1cnc2c3ccc([S+](C)[O-])cc3n([C@H](c3ccccc3)C3CCOCC3)c2c1. The number of aliphatic hydroxyl groups excluding tert-OH is 1. The van der Waals surface area contributed by atoms with E-state index in [1.807, 2.05) is 30.3 Å². The van der Waals surface area contributed by atoms with E-state index in [9.17, 15) is 9.66 Å². The lowest BCUT2D eigenvalue weighted by Gasteiger charge is -2.33. The van der Waals surface area contributed by atoms with Crippen molar-refractivity contribution in [2.45, 2.75) is 23.8 Å². The molecule has 1 fully saturated rings. The minimum absolute atomic E-state index is 0.0147. The summed E-state index contributed by atoms with van der Waals surface area (Å²) in [5.74, 6) is 6.46. The third kappa shape index (κ3) is 4.81. The Morgan fingerprint density at radius 2 is 1.92 bits per heavy atom. The predicted octanol–water partition coefficient (Wildman–Crippen LogP) is 3.37. The molecule has 1 saturated heterocycles. The molecule has 1 aliphatic heterocycles. The van der Waals surface area contributed by atoms with Gasteiger partial charge in [-0.05, 0) is 53.7 Å². The van der Waals surface area contributed by atoms with Gasteiger partial charge in [0.2, 0.25) is 0 Å². The molecule has 9 heteroatoms. The van der Waals surface area contributed by atoms with Crippen molar-refractivity contribution in [1.82, 2.24) is 14.6 Å². The highest BCUT2D eigenvalue weighted by molar-refractivity contribution is 7.90. The Morgan fingerprint density at radius 3 is 2.57 bits per heavy atom. The van der Waals surface area contributed by atoms with Crippen LogP contribution < -0.4 is 11.6 Å². The highest BCUT2D eigenvalue weighted by Gasteiger charge is 2.30. The summed E-state index contributed by atoms with van der Waals surface area (Å²) in [6, 6.07) is 18.5. The van der Waals surface area contributed by atoms with Gasteiger partial charge in [-0.1, -0.05) is 30.3 Å². The number of pyridine rings is 1. The molecule has 2 atom stereocenters. The molecule has 5 N–H and O–H groups in total. The number of nitrogens with two attached hydrogens (primary N) is 2. The standard InChI is InChI=1S/C28H33N5O3S/c1-32(30)28(23(29)17-34)20-14-25-26(31-16-20)22-9-8-21(37(2)35)15-24(22)33(25)27(18-6-4-3-5-7-18)19-10-12-36-13-11-19/h3-9,14-16,19,27,34H,10-13,17,29-30H2,1-2H3/b28-23-/t27-,37?/m1/s1. The first-order chi connectivity index (χ1) is 17.9. The molecular weight excluding hydrogens is 486 g/mol. The van der Waals surface area contributed by atoms with Crippen LogP contribution in [0, 0.1) is 5.92 Å². The second-order valence-electron chi connectivity index (χ2n) is 9.54. The zero-order valence-corrected chi connectivity index (χ0v) is 21.9. The van der Waals surface area contributed by atoms with Crippen molar-refractivity contribution in [2.75, 3.05) is 33.1 Å². The first-order valence-corrected chi connectivity index (χ1v) is 13.9. The average molecular weight is 520 g/mol. The first-order valence-electron chi connectivity index (χ1n) is 12.4. The number of rotatable bonds is 7. The van der Waals surface area contributed by atoms with Crippen molar-refractivity contribution in [1.29, 1.82) is 0 Å². The van der Waals surface area contributed by atoms with Crippen LogP contribution in [0.15, 0.2) is 71.4 Å². The Kier molecular flexibility index (Phi) is 7.41. The summed E-state index contributed by atoms with van der Waals surface area (Å²) in [7, 11) is 1.69. The van der Waals surface area contributed by atoms with E-state index in [-0.39, 0.29) is 18.3 Å². The zero-order valence-electron chi connectivity index (χ0n) is 21.1. The molecule has 0 amide bonds. The predicted molar refractivity (Wildman–Crippen MR) is 148 cm³/mol. The fraction of sp³-hybridized carbons (Fsp3) is 0.321. The number of aliphatic hydroxyl groups is 1. The summed E-state index contributed by atoms with van der Waals surface area (Å²) in [6.07, 6.45) is 5.30. The Morgan fingerprint density at radius 1 is 1.19 bits per heavy atom. The van der Waals surface area contributed by atoms with Crippen LogP contribution in [0.1, 0.15) is 30.0 Å². The molecule has 0 radical (unpaired) electrons. The van der Waals surface area contributed by atoms with E-state index in [0.29, 0.717) is 17.2 Å². The van der Waals surface area contributed by atoms with E-state index in [2.05, 4.69) is 28.8 Å². The summed E-state index contributed by atoms with van der Waals surface area (Å²) >= 11 is -1.13. The number of hydrogen-bond donors (Lipinski definition) is 3. The summed E-state index contributed by atoms with van der Waals surface area (Å²) in [6.45, 7) is 1.12. The third-order valence-electron chi connectivity index (χ3n) is 7.18. The van der Waals surface area contributed by atoms with Crippen molar-refractivity contribution in [3.8, 4) is 0 Å². The van der Waals surface area contributed by atoms with Crippen molar-refractivity contribution in [3.63, 3.8) is 0 Å². The monoisotopic (exact) mass is 519 g/mol. The zero-order chi connectivity index (χ0) is 26.1. The lowest BCUT2D eigenvalue weighted by Crippen LogP contribution is -2.28. The second kappa shape index (κ2) is 10.7. The number of nitrogens with zero attached hydrogens (tertiary/aromatic N) is 3. The van der Waals surface area contributed by atoms with Crippen LogP contribution in [-0.2, 0) is 15.9 Å². The maximum absolute atomic E-state index is 12.5. The highest BCUT2D eigenvalue weighted by atomic mass is 32.2. The van der Waals surface area contributed by atoms with Gasteiger partial charge in [-0.15, -0.1) is 0 Å². The van der Waals surface area contributed by atoms with Gasteiger partial charge >= 0.3 is 0 Å². The van der Waals surface area contributed by atoms with E-state index < -0.39 is 11.2 Å².